The van der Waals surface area contributed by atoms with Crippen LogP contribution in [-0.4, -0.2) is 22.8 Å². The Morgan fingerprint density at radius 1 is 1.19 bits per heavy atom. The number of ether oxygens (including phenoxy) is 1. The molecule has 0 heterocycles. The molecular formula is C28H46O3. The first-order valence-electron chi connectivity index (χ1n) is 13.1. The number of fused-ring (bicyclic) bond motifs is 4. The van der Waals surface area contributed by atoms with Gasteiger partial charge in [0.1, 0.15) is 6.10 Å². The number of rotatable bonds is 6. The van der Waals surface area contributed by atoms with Crippen molar-refractivity contribution in [1.29, 1.82) is 0 Å². The van der Waals surface area contributed by atoms with E-state index in [2.05, 4.69) is 34.3 Å². The van der Waals surface area contributed by atoms with Gasteiger partial charge in [-0.15, -0.1) is 0 Å². The molecule has 0 aliphatic heterocycles. The minimum Gasteiger partial charge on any atom is -0.462 e. The minimum absolute atomic E-state index is 0.106. The van der Waals surface area contributed by atoms with Gasteiger partial charge < -0.3 is 9.84 Å². The van der Waals surface area contributed by atoms with Crippen molar-refractivity contribution >= 4 is 5.97 Å². The number of aliphatic hydroxyl groups is 1. The fraction of sp³-hybridized carbons (Fsp3) is 0.893. The van der Waals surface area contributed by atoms with Gasteiger partial charge in [-0.2, -0.15) is 0 Å². The SMILES string of the molecule is C=C1[C@H]2CC[C@]3(C)[C@@H]([C@H](C)CCCC(C)C)CC[C@H]3[C@@H]2C[C@]2(O)C[C@@H](OC(C)=O)C[C@H]12. The van der Waals surface area contributed by atoms with Crippen LogP contribution in [0.25, 0.3) is 0 Å². The molecule has 0 aromatic heterocycles. The molecule has 31 heavy (non-hydrogen) atoms. The Balaban J connectivity index is 1.49. The predicted octanol–water partition coefficient (Wildman–Crippen LogP) is 6.54. The lowest BCUT2D eigenvalue weighted by Crippen LogP contribution is -2.52. The van der Waals surface area contributed by atoms with Crippen LogP contribution in [0.1, 0.15) is 98.8 Å². The predicted molar refractivity (Wildman–Crippen MR) is 125 cm³/mol. The second kappa shape index (κ2) is 8.50. The first kappa shape index (κ1) is 23.3. The fourth-order valence-electron chi connectivity index (χ4n) is 8.87. The Hall–Kier alpha value is -0.830. The summed E-state index contributed by atoms with van der Waals surface area (Å²) >= 11 is 0. The molecule has 9 atom stereocenters. The van der Waals surface area contributed by atoms with E-state index in [1.54, 1.807) is 0 Å². The van der Waals surface area contributed by atoms with Crippen molar-refractivity contribution in [3.63, 3.8) is 0 Å². The van der Waals surface area contributed by atoms with E-state index in [0.717, 1.165) is 30.6 Å². The number of hydrogen-bond acceptors (Lipinski definition) is 3. The number of carbonyl (C=O) groups excluding carboxylic acids is 1. The summed E-state index contributed by atoms with van der Waals surface area (Å²) in [4.78, 5) is 11.5. The van der Waals surface area contributed by atoms with Crippen molar-refractivity contribution < 1.29 is 14.6 Å². The van der Waals surface area contributed by atoms with E-state index in [1.165, 1.54) is 57.4 Å². The lowest BCUT2D eigenvalue weighted by atomic mass is 9.50. The third-order valence-electron chi connectivity index (χ3n) is 10.2. The maximum atomic E-state index is 11.7. The first-order chi connectivity index (χ1) is 14.5. The highest BCUT2D eigenvalue weighted by atomic mass is 16.5. The van der Waals surface area contributed by atoms with Crippen LogP contribution in [-0.2, 0) is 9.53 Å². The van der Waals surface area contributed by atoms with E-state index in [9.17, 15) is 9.90 Å². The van der Waals surface area contributed by atoms with Gasteiger partial charge in [-0.1, -0.05) is 59.1 Å². The highest BCUT2D eigenvalue weighted by Gasteiger charge is 2.62. The van der Waals surface area contributed by atoms with Gasteiger partial charge in [-0.05, 0) is 79.4 Å². The standard InChI is InChI=1S/C28H46O3/c1-17(2)8-7-9-18(3)24-10-11-25-23-16-28(30)15-21(31-20(5)29)14-26(28)19(4)22(23)12-13-27(24,25)6/h17-18,21-26,30H,4,7-16H2,1-3,5-6H3/t18-,21+,22-,23-,24-,25+,26-,27-,28-/m1/s1. The number of esters is 1. The molecule has 0 unspecified atom stereocenters. The molecule has 4 rings (SSSR count). The Morgan fingerprint density at radius 2 is 1.94 bits per heavy atom. The van der Waals surface area contributed by atoms with Crippen molar-refractivity contribution in [1.82, 2.24) is 0 Å². The van der Waals surface area contributed by atoms with E-state index in [0.29, 0.717) is 29.6 Å². The molecule has 0 saturated heterocycles. The quantitative estimate of drug-likeness (QED) is 0.384. The maximum Gasteiger partial charge on any atom is 0.302 e. The lowest BCUT2D eigenvalue weighted by Gasteiger charge is -2.56. The molecule has 4 saturated carbocycles. The van der Waals surface area contributed by atoms with Gasteiger partial charge in [0.05, 0.1) is 5.60 Å². The largest absolute Gasteiger partial charge is 0.462 e. The molecule has 0 aromatic carbocycles. The van der Waals surface area contributed by atoms with Crippen LogP contribution in [0.5, 0.6) is 0 Å². The molecule has 4 aliphatic rings. The normalized spacial score (nSPS) is 45.2. The van der Waals surface area contributed by atoms with Crippen LogP contribution in [0.15, 0.2) is 12.2 Å². The highest BCUT2D eigenvalue weighted by molar-refractivity contribution is 5.66. The lowest BCUT2D eigenvalue weighted by molar-refractivity contribution is -0.147. The third-order valence-corrected chi connectivity index (χ3v) is 10.2. The highest BCUT2D eigenvalue weighted by Crippen LogP contribution is 2.66. The zero-order valence-electron chi connectivity index (χ0n) is 20.7. The van der Waals surface area contributed by atoms with Gasteiger partial charge in [0.2, 0.25) is 0 Å². The summed E-state index contributed by atoms with van der Waals surface area (Å²) in [7, 11) is 0. The zero-order chi connectivity index (χ0) is 22.6. The smallest absolute Gasteiger partial charge is 0.302 e. The summed E-state index contributed by atoms with van der Waals surface area (Å²) in [5, 5.41) is 11.7. The molecule has 3 heteroatoms. The molecule has 4 aliphatic carbocycles. The van der Waals surface area contributed by atoms with Gasteiger partial charge in [0.15, 0.2) is 0 Å². The van der Waals surface area contributed by atoms with E-state index in [4.69, 9.17) is 4.74 Å². The van der Waals surface area contributed by atoms with Crippen LogP contribution in [0.3, 0.4) is 0 Å². The minimum atomic E-state index is -0.725. The summed E-state index contributed by atoms with van der Waals surface area (Å²) in [6, 6.07) is 0. The second-order valence-corrected chi connectivity index (χ2v) is 12.5. The third kappa shape index (κ3) is 4.13. The van der Waals surface area contributed by atoms with Crippen LogP contribution < -0.4 is 0 Å². The summed E-state index contributed by atoms with van der Waals surface area (Å²) in [5.41, 5.74) is 0.955. The van der Waals surface area contributed by atoms with E-state index in [-0.39, 0.29) is 18.0 Å². The van der Waals surface area contributed by atoms with Crippen molar-refractivity contribution in [2.24, 2.45) is 46.8 Å². The summed E-state index contributed by atoms with van der Waals surface area (Å²) in [5.74, 6) is 4.11. The van der Waals surface area contributed by atoms with Crippen LogP contribution >= 0.6 is 0 Å². The van der Waals surface area contributed by atoms with Crippen molar-refractivity contribution in [3.05, 3.63) is 12.2 Å². The molecule has 0 amide bonds. The molecular weight excluding hydrogens is 384 g/mol. The fourth-order valence-corrected chi connectivity index (χ4v) is 8.87. The molecule has 1 N–H and O–H groups in total. The van der Waals surface area contributed by atoms with Gasteiger partial charge in [0.25, 0.3) is 0 Å². The monoisotopic (exact) mass is 430 g/mol. The Morgan fingerprint density at radius 3 is 2.61 bits per heavy atom. The van der Waals surface area contributed by atoms with Crippen molar-refractivity contribution in [2.45, 2.75) is 111 Å². The molecule has 0 radical (unpaired) electrons. The Bertz CT molecular complexity index is 698. The summed E-state index contributed by atoms with van der Waals surface area (Å²) in [6.07, 6.45) is 11.4. The average Bonchev–Trinajstić information content (AvgIpc) is 3.17. The summed E-state index contributed by atoms with van der Waals surface area (Å²) in [6.45, 7) is 15.8. The molecule has 4 fully saturated rings. The van der Waals surface area contributed by atoms with Crippen molar-refractivity contribution in [2.75, 3.05) is 0 Å². The van der Waals surface area contributed by atoms with Gasteiger partial charge in [-0.3, -0.25) is 4.79 Å². The molecule has 0 aromatic rings. The molecule has 176 valence electrons. The van der Waals surface area contributed by atoms with Crippen LogP contribution in [0, 0.1) is 46.8 Å². The first-order valence-corrected chi connectivity index (χ1v) is 13.1. The van der Waals surface area contributed by atoms with Gasteiger partial charge >= 0.3 is 5.97 Å². The number of carbonyl (C=O) groups is 1. The van der Waals surface area contributed by atoms with Gasteiger partial charge in [-0.25, -0.2) is 0 Å². The molecule has 0 spiro atoms. The zero-order valence-corrected chi connectivity index (χ0v) is 20.7. The van der Waals surface area contributed by atoms with E-state index >= 15 is 0 Å². The Labute approximate surface area is 190 Å². The second-order valence-electron chi connectivity index (χ2n) is 12.5. The van der Waals surface area contributed by atoms with Crippen molar-refractivity contribution in [3.8, 4) is 0 Å². The topological polar surface area (TPSA) is 46.5 Å². The van der Waals surface area contributed by atoms with E-state index in [1.807, 2.05) is 0 Å². The van der Waals surface area contributed by atoms with Gasteiger partial charge in [0, 0.05) is 19.3 Å². The number of hydrogen-bond donors (Lipinski definition) is 1. The summed E-state index contributed by atoms with van der Waals surface area (Å²) < 4.78 is 5.54. The Kier molecular flexibility index (Phi) is 6.40. The van der Waals surface area contributed by atoms with Crippen LogP contribution in [0.2, 0.25) is 0 Å². The molecule has 3 nitrogen and oxygen atoms in total. The van der Waals surface area contributed by atoms with Crippen LogP contribution in [0.4, 0.5) is 0 Å². The van der Waals surface area contributed by atoms with E-state index < -0.39 is 5.60 Å². The average molecular weight is 431 g/mol. The maximum absolute atomic E-state index is 11.7. The molecule has 0 bridgehead atoms.